The molecule has 2 N–H and O–H groups in total. The smallest absolute Gasteiger partial charge is 0.229 e. The van der Waals surface area contributed by atoms with Gasteiger partial charge in [-0.2, -0.15) is 0 Å². The second-order valence-corrected chi connectivity index (χ2v) is 8.68. The van der Waals surface area contributed by atoms with E-state index in [0.717, 1.165) is 48.9 Å². The van der Waals surface area contributed by atoms with Crippen LogP contribution < -0.4 is 20.4 Å². The van der Waals surface area contributed by atoms with Crippen LogP contribution in [0, 0.1) is 0 Å². The molecular weight excluding hydrogens is 437 g/mol. The summed E-state index contributed by atoms with van der Waals surface area (Å²) in [6.45, 7) is 6.85. The summed E-state index contributed by atoms with van der Waals surface area (Å²) in [6, 6.07) is 5.78. The summed E-state index contributed by atoms with van der Waals surface area (Å²) in [6.07, 6.45) is 1.80. The van der Waals surface area contributed by atoms with Crippen LogP contribution in [0.3, 0.4) is 0 Å². The van der Waals surface area contributed by atoms with Gasteiger partial charge < -0.3 is 25.2 Å². The number of hydrogen-bond acceptors (Lipinski definition) is 10. The molecule has 0 amide bonds. The predicted octanol–water partition coefficient (Wildman–Crippen LogP) is 2.61. The Hall–Kier alpha value is -3.18. The maximum Gasteiger partial charge on any atom is 0.229 e. The summed E-state index contributed by atoms with van der Waals surface area (Å²) in [4.78, 5) is 18.4. The molecule has 3 aromatic rings. The topological polar surface area (TPSA) is 104 Å². The number of alkyl halides is 1. The summed E-state index contributed by atoms with van der Waals surface area (Å²) in [7, 11) is 1.66. The Morgan fingerprint density at radius 1 is 1.09 bits per heavy atom. The van der Waals surface area contributed by atoms with Gasteiger partial charge in [-0.15, -0.1) is 10.2 Å². The zero-order valence-corrected chi connectivity index (χ0v) is 19.5. The van der Waals surface area contributed by atoms with Gasteiger partial charge in [-0.25, -0.2) is 19.3 Å². The van der Waals surface area contributed by atoms with Crippen LogP contribution in [0.5, 0.6) is 0 Å². The first-order valence-corrected chi connectivity index (χ1v) is 11.8. The van der Waals surface area contributed by atoms with Crippen molar-refractivity contribution in [1.29, 1.82) is 0 Å². The number of nitrogens with one attached hydrogen (secondary N) is 2. The number of aromatic nitrogens is 5. The van der Waals surface area contributed by atoms with Crippen molar-refractivity contribution >= 4 is 34.3 Å². The van der Waals surface area contributed by atoms with E-state index in [-0.39, 0.29) is 6.10 Å². The molecular formula is C23H30FN9O. The molecule has 0 spiro atoms. The monoisotopic (exact) mass is 467 g/mol. The van der Waals surface area contributed by atoms with Gasteiger partial charge in [0.15, 0.2) is 17.5 Å². The van der Waals surface area contributed by atoms with Crippen LogP contribution in [0.25, 0.3) is 10.9 Å². The van der Waals surface area contributed by atoms with Crippen molar-refractivity contribution in [2.24, 2.45) is 0 Å². The number of hydrogen-bond donors (Lipinski definition) is 2. The Morgan fingerprint density at radius 2 is 1.88 bits per heavy atom. The third-order valence-electron chi connectivity index (χ3n) is 6.39. The van der Waals surface area contributed by atoms with Crippen molar-refractivity contribution in [2.75, 3.05) is 61.5 Å². The number of piperidine rings is 1. The molecule has 1 atom stereocenters. The molecule has 5 heterocycles. The van der Waals surface area contributed by atoms with Gasteiger partial charge in [-0.3, -0.25) is 0 Å². The van der Waals surface area contributed by atoms with E-state index in [4.69, 9.17) is 14.7 Å². The van der Waals surface area contributed by atoms with Gasteiger partial charge >= 0.3 is 0 Å². The van der Waals surface area contributed by atoms with Gasteiger partial charge in [-0.1, -0.05) is 0 Å². The fraction of sp³-hybridized carbons (Fsp3) is 0.522. The summed E-state index contributed by atoms with van der Waals surface area (Å²) in [5, 5.41) is 16.0. The lowest BCUT2D eigenvalue weighted by atomic mass is 10.1. The van der Waals surface area contributed by atoms with E-state index in [1.807, 2.05) is 25.1 Å². The fourth-order valence-corrected chi connectivity index (χ4v) is 4.28. The zero-order valence-electron chi connectivity index (χ0n) is 19.5. The van der Waals surface area contributed by atoms with E-state index < -0.39 is 6.17 Å². The maximum absolute atomic E-state index is 13.8. The van der Waals surface area contributed by atoms with E-state index in [0.29, 0.717) is 43.2 Å². The molecule has 34 heavy (non-hydrogen) atoms. The summed E-state index contributed by atoms with van der Waals surface area (Å²) in [5.41, 5.74) is 1.51. The highest BCUT2D eigenvalue weighted by Gasteiger charge is 2.23. The fourth-order valence-electron chi connectivity index (χ4n) is 4.28. The molecule has 2 aliphatic heterocycles. The molecule has 11 heteroatoms. The normalized spacial score (nSPS) is 18.3. The minimum atomic E-state index is -0.766. The van der Waals surface area contributed by atoms with Crippen LogP contribution in [0.15, 0.2) is 24.4 Å². The Labute approximate surface area is 198 Å². The number of nitrogens with zero attached hydrogens (tertiary/aromatic N) is 7. The molecule has 10 nitrogen and oxygen atoms in total. The lowest BCUT2D eigenvalue weighted by Crippen LogP contribution is -2.43. The first-order chi connectivity index (χ1) is 16.6. The van der Waals surface area contributed by atoms with Crippen LogP contribution in [0.4, 0.5) is 27.8 Å². The van der Waals surface area contributed by atoms with Crippen LogP contribution in [0.2, 0.25) is 0 Å². The number of methoxy groups -OCH3 is 1. The summed E-state index contributed by atoms with van der Waals surface area (Å²) >= 11 is 0. The quantitative estimate of drug-likeness (QED) is 0.562. The van der Waals surface area contributed by atoms with E-state index in [9.17, 15) is 4.39 Å². The van der Waals surface area contributed by atoms with Crippen molar-refractivity contribution in [3.8, 4) is 0 Å². The summed E-state index contributed by atoms with van der Waals surface area (Å²) in [5.74, 6) is 2.56. The van der Waals surface area contributed by atoms with Gasteiger partial charge in [0.2, 0.25) is 5.95 Å². The number of anilines is 4. The third kappa shape index (κ3) is 4.85. The number of rotatable bonds is 6. The van der Waals surface area contributed by atoms with Gasteiger partial charge in [0.25, 0.3) is 0 Å². The molecule has 0 saturated carbocycles. The van der Waals surface area contributed by atoms with Crippen molar-refractivity contribution in [3.63, 3.8) is 0 Å². The number of halogens is 1. The van der Waals surface area contributed by atoms with Crippen molar-refractivity contribution in [3.05, 3.63) is 30.1 Å². The molecule has 3 aromatic heterocycles. The van der Waals surface area contributed by atoms with Crippen LogP contribution in [0.1, 0.15) is 31.6 Å². The second-order valence-electron chi connectivity index (χ2n) is 8.68. The average Bonchev–Trinajstić information content (AvgIpc) is 2.89. The van der Waals surface area contributed by atoms with Gasteiger partial charge in [0.1, 0.15) is 11.7 Å². The molecule has 2 aliphatic rings. The standard InChI is InChI=1S/C23H30FN9O/c1-15(34-2)18-13-16-14-26-23(29-21(16)22(27-18)33-9-5-17(24)6-10-33)28-19-3-4-20(31-30-19)32-11-7-25-8-12-32/h3-4,13-15,17,25H,5-12H2,1-2H3,(H,26,28,29,30). The number of piperazine rings is 1. The highest BCUT2D eigenvalue weighted by atomic mass is 19.1. The zero-order chi connectivity index (χ0) is 23.5. The predicted molar refractivity (Wildman–Crippen MR) is 129 cm³/mol. The lowest BCUT2D eigenvalue weighted by molar-refractivity contribution is 0.116. The van der Waals surface area contributed by atoms with Gasteiger partial charge in [0.05, 0.1) is 11.8 Å². The number of fused-ring (bicyclic) bond motifs is 1. The van der Waals surface area contributed by atoms with E-state index in [2.05, 4.69) is 35.6 Å². The van der Waals surface area contributed by atoms with E-state index in [1.54, 1.807) is 13.3 Å². The first-order valence-electron chi connectivity index (χ1n) is 11.8. The lowest BCUT2D eigenvalue weighted by Gasteiger charge is -2.30. The molecule has 180 valence electrons. The number of pyridine rings is 1. The molecule has 2 fully saturated rings. The Kier molecular flexibility index (Phi) is 6.63. The van der Waals surface area contributed by atoms with Crippen molar-refractivity contribution in [1.82, 2.24) is 30.5 Å². The van der Waals surface area contributed by atoms with Gasteiger partial charge in [-0.05, 0) is 38.0 Å². The highest BCUT2D eigenvalue weighted by Crippen LogP contribution is 2.30. The SMILES string of the molecule is COC(C)c1cc2cnc(Nc3ccc(N4CCNCC4)nn3)nc2c(N2CCC(F)CC2)n1. The van der Waals surface area contributed by atoms with Crippen LogP contribution in [-0.2, 0) is 4.74 Å². The Balaban J connectivity index is 1.42. The Bertz CT molecular complexity index is 1120. The molecule has 5 rings (SSSR count). The molecule has 0 aliphatic carbocycles. The maximum atomic E-state index is 13.8. The minimum Gasteiger partial charge on any atom is -0.375 e. The highest BCUT2D eigenvalue weighted by molar-refractivity contribution is 5.89. The van der Waals surface area contributed by atoms with Crippen LogP contribution in [-0.4, -0.2) is 77.7 Å². The largest absolute Gasteiger partial charge is 0.375 e. The summed E-state index contributed by atoms with van der Waals surface area (Å²) < 4.78 is 19.3. The average molecular weight is 468 g/mol. The Morgan fingerprint density at radius 3 is 2.59 bits per heavy atom. The van der Waals surface area contributed by atoms with Crippen molar-refractivity contribution in [2.45, 2.75) is 32.0 Å². The number of ether oxygens (including phenoxy) is 1. The van der Waals surface area contributed by atoms with Crippen LogP contribution >= 0.6 is 0 Å². The molecule has 0 bridgehead atoms. The van der Waals surface area contributed by atoms with E-state index in [1.165, 1.54) is 0 Å². The minimum absolute atomic E-state index is 0.177. The van der Waals surface area contributed by atoms with Crippen molar-refractivity contribution < 1.29 is 9.13 Å². The molecule has 1 unspecified atom stereocenters. The molecule has 0 aromatic carbocycles. The molecule has 0 radical (unpaired) electrons. The first kappa shape index (κ1) is 22.6. The van der Waals surface area contributed by atoms with E-state index >= 15 is 0 Å². The second kappa shape index (κ2) is 9.98. The third-order valence-corrected chi connectivity index (χ3v) is 6.39. The van der Waals surface area contributed by atoms with Gasteiger partial charge in [0, 0.05) is 58.0 Å². The molecule has 2 saturated heterocycles.